The monoisotopic (exact) mass is 366 g/mol. The highest BCUT2D eigenvalue weighted by Gasteiger charge is 2.04. The van der Waals surface area contributed by atoms with Gasteiger partial charge in [-0.15, -0.1) is 0 Å². The van der Waals surface area contributed by atoms with E-state index in [4.69, 9.17) is 27.9 Å². The summed E-state index contributed by atoms with van der Waals surface area (Å²) in [6.07, 6.45) is 2.25. The summed E-state index contributed by atoms with van der Waals surface area (Å²) in [5, 5.41) is 14.1. The topological polar surface area (TPSA) is 70.9 Å². The average Bonchev–Trinajstić information content (AvgIpc) is 2.53. The molecule has 2 aromatic rings. The van der Waals surface area contributed by atoms with Gasteiger partial charge in [-0.05, 0) is 42.3 Å². The fourth-order valence-electron chi connectivity index (χ4n) is 1.85. The molecule has 0 aromatic heterocycles. The first kappa shape index (κ1) is 18.1. The lowest BCUT2D eigenvalue weighted by Crippen LogP contribution is -2.18. The molecule has 0 saturated carbocycles. The van der Waals surface area contributed by atoms with Gasteiger partial charge in [0.25, 0.3) is 0 Å². The molecule has 0 atom stereocenters. The molecule has 0 unspecified atom stereocenters. The van der Waals surface area contributed by atoms with Crippen LogP contribution in [0.2, 0.25) is 10.0 Å². The summed E-state index contributed by atoms with van der Waals surface area (Å²) in [5.41, 5.74) is 3.11. The van der Waals surface area contributed by atoms with Gasteiger partial charge in [-0.25, -0.2) is 5.43 Å². The van der Waals surface area contributed by atoms with Crippen LogP contribution in [-0.4, -0.2) is 23.8 Å². The average molecular weight is 367 g/mol. The van der Waals surface area contributed by atoms with E-state index in [0.717, 1.165) is 0 Å². The highest BCUT2D eigenvalue weighted by molar-refractivity contribution is 6.35. The lowest BCUT2D eigenvalue weighted by Gasteiger charge is -2.07. The Morgan fingerprint density at radius 1 is 1.25 bits per heavy atom. The zero-order chi connectivity index (χ0) is 17.4. The Bertz CT molecular complexity index is 736. The third-order valence-corrected chi connectivity index (χ3v) is 3.50. The summed E-state index contributed by atoms with van der Waals surface area (Å²) >= 11 is 11.8. The minimum Gasteiger partial charge on any atom is -0.508 e. The third kappa shape index (κ3) is 6.10. The van der Waals surface area contributed by atoms with Crippen LogP contribution < -0.4 is 10.2 Å². The molecule has 0 radical (unpaired) electrons. The van der Waals surface area contributed by atoms with Crippen LogP contribution in [0.4, 0.5) is 0 Å². The number of benzene rings is 2. The summed E-state index contributed by atoms with van der Waals surface area (Å²) in [5.74, 6) is 0.448. The molecule has 0 heterocycles. The Hall–Kier alpha value is -2.24. The number of halogens is 2. The van der Waals surface area contributed by atoms with Gasteiger partial charge in [-0.2, -0.15) is 5.10 Å². The van der Waals surface area contributed by atoms with Gasteiger partial charge in [0.2, 0.25) is 5.91 Å². The van der Waals surface area contributed by atoms with Crippen molar-refractivity contribution in [3.63, 3.8) is 0 Å². The number of phenolic OH excluding ortho intramolecular Hbond substituents is 1. The Morgan fingerprint density at radius 2 is 2.08 bits per heavy atom. The molecular formula is C17H16Cl2N2O3. The van der Waals surface area contributed by atoms with Crippen molar-refractivity contribution < 1.29 is 14.6 Å². The first-order chi connectivity index (χ1) is 11.5. The Labute approximate surface area is 149 Å². The van der Waals surface area contributed by atoms with Crippen LogP contribution in [0.1, 0.15) is 18.4 Å². The standard InChI is InChI=1S/C17H16Cl2N2O3/c18-13-6-7-16(15(19)10-13)24-8-2-5-17(23)21-20-11-12-3-1-4-14(22)9-12/h1,3-4,6-7,9-11,22H,2,5,8H2,(H,21,23). The molecule has 0 bridgehead atoms. The maximum Gasteiger partial charge on any atom is 0.240 e. The zero-order valence-electron chi connectivity index (χ0n) is 12.7. The van der Waals surface area contributed by atoms with Crippen molar-refractivity contribution in [1.29, 1.82) is 0 Å². The van der Waals surface area contributed by atoms with E-state index in [1.807, 2.05) is 0 Å². The van der Waals surface area contributed by atoms with E-state index in [1.165, 1.54) is 6.21 Å². The number of aromatic hydroxyl groups is 1. The van der Waals surface area contributed by atoms with Crippen LogP contribution >= 0.6 is 23.2 Å². The maximum absolute atomic E-state index is 11.6. The Kier molecular flexibility index (Phi) is 6.90. The molecule has 0 aliphatic rings. The predicted octanol–water partition coefficient (Wildman–Crippen LogP) is 4.01. The van der Waals surface area contributed by atoms with Gasteiger partial charge < -0.3 is 9.84 Å². The van der Waals surface area contributed by atoms with Gasteiger partial charge >= 0.3 is 0 Å². The van der Waals surface area contributed by atoms with Crippen molar-refractivity contribution >= 4 is 35.3 Å². The molecule has 2 N–H and O–H groups in total. The van der Waals surface area contributed by atoms with Gasteiger partial charge in [0, 0.05) is 11.4 Å². The summed E-state index contributed by atoms with van der Waals surface area (Å²) in [4.78, 5) is 11.6. The number of nitrogens with one attached hydrogen (secondary N) is 1. The lowest BCUT2D eigenvalue weighted by molar-refractivity contribution is -0.121. The summed E-state index contributed by atoms with van der Waals surface area (Å²) in [6.45, 7) is 0.352. The van der Waals surface area contributed by atoms with Crippen LogP contribution in [0.5, 0.6) is 11.5 Å². The number of carbonyl (C=O) groups excluding carboxylic acids is 1. The molecule has 0 fully saturated rings. The molecule has 0 aliphatic heterocycles. The first-order valence-electron chi connectivity index (χ1n) is 7.23. The maximum atomic E-state index is 11.6. The minimum absolute atomic E-state index is 0.142. The van der Waals surface area contributed by atoms with Gasteiger partial charge in [-0.3, -0.25) is 4.79 Å². The second-order valence-electron chi connectivity index (χ2n) is 4.91. The summed E-state index contributed by atoms with van der Waals surface area (Å²) in [7, 11) is 0. The number of rotatable bonds is 7. The number of hydrazone groups is 1. The van der Waals surface area contributed by atoms with Gasteiger partial charge in [-0.1, -0.05) is 35.3 Å². The normalized spacial score (nSPS) is 10.8. The van der Waals surface area contributed by atoms with Crippen molar-refractivity contribution in [2.24, 2.45) is 5.10 Å². The van der Waals surface area contributed by atoms with Crippen molar-refractivity contribution in [3.05, 3.63) is 58.1 Å². The van der Waals surface area contributed by atoms with E-state index in [0.29, 0.717) is 34.4 Å². The lowest BCUT2D eigenvalue weighted by atomic mass is 10.2. The van der Waals surface area contributed by atoms with Gasteiger partial charge in [0.15, 0.2) is 0 Å². The Morgan fingerprint density at radius 3 is 2.83 bits per heavy atom. The van der Waals surface area contributed by atoms with E-state index < -0.39 is 0 Å². The molecule has 24 heavy (non-hydrogen) atoms. The molecule has 0 spiro atoms. The van der Waals surface area contributed by atoms with Crippen molar-refractivity contribution in [3.8, 4) is 11.5 Å². The van der Waals surface area contributed by atoms with Crippen LogP contribution in [-0.2, 0) is 4.79 Å². The van der Waals surface area contributed by atoms with E-state index in [2.05, 4.69) is 10.5 Å². The van der Waals surface area contributed by atoms with Crippen LogP contribution in [0.15, 0.2) is 47.6 Å². The number of hydrogen-bond acceptors (Lipinski definition) is 4. The molecule has 2 aromatic carbocycles. The molecule has 5 nitrogen and oxygen atoms in total. The van der Waals surface area contributed by atoms with Crippen molar-refractivity contribution in [2.45, 2.75) is 12.8 Å². The molecular weight excluding hydrogens is 351 g/mol. The fraction of sp³-hybridized carbons (Fsp3) is 0.176. The molecule has 0 aliphatic carbocycles. The zero-order valence-corrected chi connectivity index (χ0v) is 14.2. The Balaban J connectivity index is 1.68. The van der Waals surface area contributed by atoms with Crippen molar-refractivity contribution in [2.75, 3.05) is 6.61 Å². The number of nitrogens with zero attached hydrogens (tertiary/aromatic N) is 1. The third-order valence-electron chi connectivity index (χ3n) is 2.97. The van der Waals surface area contributed by atoms with Crippen LogP contribution in [0.25, 0.3) is 0 Å². The molecule has 7 heteroatoms. The highest BCUT2D eigenvalue weighted by atomic mass is 35.5. The smallest absolute Gasteiger partial charge is 0.240 e. The van der Waals surface area contributed by atoms with Crippen molar-refractivity contribution in [1.82, 2.24) is 5.43 Å². The number of carbonyl (C=O) groups is 1. The largest absolute Gasteiger partial charge is 0.508 e. The minimum atomic E-state index is -0.225. The SMILES string of the molecule is O=C(CCCOc1ccc(Cl)cc1Cl)NN=Cc1cccc(O)c1. The highest BCUT2D eigenvalue weighted by Crippen LogP contribution is 2.27. The molecule has 2 rings (SSSR count). The van der Waals surface area contributed by atoms with E-state index in [9.17, 15) is 9.90 Å². The van der Waals surface area contributed by atoms with Gasteiger partial charge in [0.1, 0.15) is 11.5 Å². The number of ether oxygens (including phenoxy) is 1. The molecule has 1 amide bonds. The van der Waals surface area contributed by atoms with E-state index in [-0.39, 0.29) is 18.1 Å². The second-order valence-corrected chi connectivity index (χ2v) is 5.76. The number of amides is 1. The summed E-state index contributed by atoms with van der Waals surface area (Å²) in [6, 6.07) is 11.5. The van der Waals surface area contributed by atoms with E-state index in [1.54, 1.807) is 42.5 Å². The summed E-state index contributed by atoms with van der Waals surface area (Å²) < 4.78 is 5.49. The number of hydrogen-bond donors (Lipinski definition) is 2. The van der Waals surface area contributed by atoms with E-state index >= 15 is 0 Å². The second kappa shape index (κ2) is 9.15. The fourth-order valence-corrected chi connectivity index (χ4v) is 2.31. The first-order valence-corrected chi connectivity index (χ1v) is 7.99. The quantitative estimate of drug-likeness (QED) is 0.441. The van der Waals surface area contributed by atoms with Crippen LogP contribution in [0, 0.1) is 0 Å². The predicted molar refractivity (Wildman–Crippen MR) is 95.0 cm³/mol. The molecule has 0 saturated heterocycles. The van der Waals surface area contributed by atoms with Crippen LogP contribution in [0.3, 0.4) is 0 Å². The number of phenols is 1. The molecule has 126 valence electrons. The van der Waals surface area contributed by atoms with Gasteiger partial charge in [0.05, 0.1) is 17.8 Å².